The minimum absolute atomic E-state index is 0.00287. The summed E-state index contributed by atoms with van der Waals surface area (Å²) in [4.78, 5) is 26.8. The van der Waals surface area contributed by atoms with Gasteiger partial charge in [0.15, 0.2) is 0 Å². The van der Waals surface area contributed by atoms with Crippen molar-refractivity contribution in [3.8, 4) is 5.75 Å². The van der Waals surface area contributed by atoms with E-state index in [1.807, 2.05) is 30.3 Å². The lowest BCUT2D eigenvalue weighted by atomic mass is 9.93. The number of nitrogens with zero attached hydrogens (tertiary/aromatic N) is 2. The lowest BCUT2D eigenvalue weighted by Crippen LogP contribution is -2.33. The van der Waals surface area contributed by atoms with E-state index in [-0.39, 0.29) is 28.8 Å². The summed E-state index contributed by atoms with van der Waals surface area (Å²) in [6.45, 7) is 5.66. The van der Waals surface area contributed by atoms with Crippen LogP contribution < -0.4 is 10.1 Å². The number of fused-ring (bicyclic) bond motifs is 1. The number of sulfonamides is 1. The molecule has 176 valence electrons. The second kappa shape index (κ2) is 10.2. The van der Waals surface area contributed by atoms with E-state index in [0.29, 0.717) is 18.8 Å². The zero-order chi connectivity index (χ0) is 24.2. The van der Waals surface area contributed by atoms with Crippen LogP contribution in [0.15, 0.2) is 53.6 Å². The predicted octanol–water partition coefficient (Wildman–Crippen LogP) is 3.63. The Kier molecular flexibility index (Phi) is 7.55. The molecule has 3 rings (SSSR count). The Balaban J connectivity index is 1.89. The number of anilines is 1. The Morgan fingerprint density at radius 2 is 1.82 bits per heavy atom. The molecule has 0 aromatic heterocycles. The molecule has 0 bridgehead atoms. The van der Waals surface area contributed by atoms with E-state index < -0.39 is 16.1 Å². The Morgan fingerprint density at radius 3 is 2.45 bits per heavy atom. The van der Waals surface area contributed by atoms with Gasteiger partial charge < -0.3 is 15.0 Å². The summed E-state index contributed by atoms with van der Waals surface area (Å²) < 4.78 is 32.5. The largest absolute Gasteiger partial charge is 0.495 e. The molecule has 0 aliphatic carbocycles. The van der Waals surface area contributed by atoms with Crippen molar-refractivity contribution in [3.05, 3.63) is 59.8 Å². The molecule has 1 aliphatic heterocycles. The summed E-state index contributed by atoms with van der Waals surface area (Å²) in [7, 11) is -2.26. The molecule has 0 spiro atoms. The zero-order valence-corrected chi connectivity index (χ0v) is 20.1. The van der Waals surface area contributed by atoms with Gasteiger partial charge in [-0.2, -0.15) is 4.31 Å². The van der Waals surface area contributed by atoms with E-state index in [9.17, 15) is 18.0 Å². The molecule has 0 saturated heterocycles. The van der Waals surface area contributed by atoms with Crippen molar-refractivity contribution in [2.75, 3.05) is 25.5 Å². The standard InChI is InChI=1S/C24H29N3O5S/c1-5-26(6-2)33(30,31)19-11-12-23(32-4)21(15-19)25-24(29)16-22-20-10-8-7-9-18(20)13-14-27(22)17(3)28/h7-15,22H,5-6,16H2,1-4H3,(H,25,29). The van der Waals surface area contributed by atoms with Gasteiger partial charge in [0.2, 0.25) is 21.8 Å². The number of amides is 2. The van der Waals surface area contributed by atoms with E-state index >= 15 is 0 Å². The van der Waals surface area contributed by atoms with Gasteiger partial charge in [0, 0.05) is 26.2 Å². The molecular weight excluding hydrogens is 442 g/mol. The molecule has 1 N–H and O–H groups in total. The molecule has 0 saturated carbocycles. The highest BCUT2D eigenvalue weighted by molar-refractivity contribution is 7.89. The highest BCUT2D eigenvalue weighted by Gasteiger charge is 2.29. The van der Waals surface area contributed by atoms with Crippen LogP contribution in [0.1, 0.15) is 44.4 Å². The molecular formula is C24H29N3O5S. The molecule has 1 aliphatic rings. The van der Waals surface area contributed by atoms with Gasteiger partial charge in [0.25, 0.3) is 0 Å². The SMILES string of the molecule is CCN(CC)S(=O)(=O)c1ccc(OC)c(NC(=O)CC2c3ccccc3C=CN2C(C)=O)c1. The van der Waals surface area contributed by atoms with Crippen LogP contribution in [0, 0.1) is 0 Å². The maximum absolute atomic E-state index is 13.0. The molecule has 2 amide bonds. The van der Waals surface area contributed by atoms with Crippen molar-refractivity contribution < 1.29 is 22.7 Å². The number of ether oxygens (including phenoxy) is 1. The Labute approximate surface area is 194 Å². The number of carbonyl (C=O) groups excluding carboxylic acids is 2. The summed E-state index contributed by atoms with van der Waals surface area (Å²) in [5, 5.41) is 2.78. The fourth-order valence-corrected chi connectivity index (χ4v) is 5.43. The number of nitrogens with one attached hydrogen (secondary N) is 1. The van der Waals surface area contributed by atoms with Crippen molar-refractivity contribution >= 4 is 33.6 Å². The van der Waals surface area contributed by atoms with Gasteiger partial charge >= 0.3 is 0 Å². The molecule has 2 aromatic rings. The molecule has 1 atom stereocenters. The summed E-state index contributed by atoms with van der Waals surface area (Å²) in [6, 6.07) is 11.5. The first-order valence-corrected chi connectivity index (χ1v) is 12.2. The van der Waals surface area contributed by atoms with E-state index in [1.54, 1.807) is 20.0 Å². The average molecular weight is 472 g/mol. The van der Waals surface area contributed by atoms with E-state index in [2.05, 4.69) is 5.32 Å². The van der Waals surface area contributed by atoms with E-state index in [1.165, 1.54) is 41.4 Å². The lowest BCUT2D eigenvalue weighted by Gasteiger charge is -2.32. The van der Waals surface area contributed by atoms with Gasteiger partial charge in [-0.1, -0.05) is 38.1 Å². The molecule has 9 heteroatoms. The third-order valence-electron chi connectivity index (χ3n) is 5.64. The fraction of sp³-hybridized carbons (Fsp3) is 0.333. The van der Waals surface area contributed by atoms with Crippen molar-refractivity contribution in [2.45, 2.75) is 38.1 Å². The van der Waals surface area contributed by atoms with Crippen LogP contribution in [0.2, 0.25) is 0 Å². The first kappa shape index (κ1) is 24.5. The predicted molar refractivity (Wildman–Crippen MR) is 127 cm³/mol. The fourth-order valence-electron chi connectivity index (χ4n) is 3.95. The second-order valence-electron chi connectivity index (χ2n) is 7.59. The third kappa shape index (κ3) is 5.09. The van der Waals surface area contributed by atoms with Crippen LogP contribution in [0.25, 0.3) is 6.08 Å². The smallest absolute Gasteiger partial charge is 0.243 e. The van der Waals surface area contributed by atoms with Crippen LogP contribution >= 0.6 is 0 Å². The lowest BCUT2D eigenvalue weighted by molar-refractivity contribution is -0.129. The molecule has 0 radical (unpaired) electrons. The Hall–Kier alpha value is -3.17. The molecule has 8 nitrogen and oxygen atoms in total. The zero-order valence-electron chi connectivity index (χ0n) is 19.2. The second-order valence-corrected chi connectivity index (χ2v) is 9.53. The monoisotopic (exact) mass is 471 g/mol. The number of methoxy groups -OCH3 is 1. The molecule has 0 fully saturated rings. The normalized spacial score (nSPS) is 15.3. The van der Waals surface area contributed by atoms with Gasteiger partial charge in [0.1, 0.15) is 5.75 Å². The van der Waals surface area contributed by atoms with Crippen LogP contribution in [-0.2, 0) is 19.6 Å². The minimum atomic E-state index is -3.71. The minimum Gasteiger partial charge on any atom is -0.495 e. The van der Waals surface area contributed by atoms with Crippen LogP contribution in [0.3, 0.4) is 0 Å². The van der Waals surface area contributed by atoms with Gasteiger partial charge in [-0.25, -0.2) is 8.42 Å². The molecule has 1 unspecified atom stereocenters. The number of carbonyl (C=O) groups is 2. The average Bonchev–Trinajstić information content (AvgIpc) is 2.79. The Morgan fingerprint density at radius 1 is 1.12 bits per heavy atom. The van der Waals surface area contributed by atoms with Crippen molar-refractivity contribution in [3.63, 3.8) is 0 Å². The van der Waals surface area contributed by atoms with Crippen molar-refractivity contribution in [2.24, 2.45) is 0 Å². The first-order valence-electron chi connectivity index (χ1n) is 10.8. The molecule has 2 aromatic carbocycles. The maximum atomic E-state index is 13.0. The highest BCUT2D eigenvalue weighted by atomic mass is 32.2. The van der Waals surface area contributed by atoms with E-state index in [0.717, 1.165) is 11.1 Å². The van der Waals surface area contributed by atoms with Crippen molar-refractivity contribution in [1.82, 2.24) is 9.21 Å². The van der Waals surface area contributed by atoms with Gasteiger partial charge in [-0.05, 0) is 35.4 Å². The van der Waals surface area contributed by atoms with Gasteiger partial charge in [-0.3, -0.25) is 9.59 Å². The topological polar surface area (TPSA) is 96.0 Å². The first-order chi connectivity index (χ1) is 15.7. The van der Waals surface area contributed by atoms with E-state index in [4.69, 9.17) is 4.74 Å². The third-order valence-corrected chi connectivity index (χ3v) is 7.68. The van der Waals surface area contributed by atoms with Crippen LogP contribution in [-0.4, -0.2) is 49.6 Å². The molecule has 1 heterocycles. The number of benzene rings is 2. The summed E-state index contributed by atoms with van der Waals surface area (Å²) in [5.41, 5.74) is 2.07. The quantitative estimate of drug-likeness (QED) is 0.634. The van der Waals surface area contributed by atoms with Crippen LogP contribution in [0.5, 0.6) is 5.75 Å². The summed E-state index contributed by atoms with van der Waals surface area (Å²) in [6.07, 6.45) is 3.52. The molecule has 33 heavy (non-hydrogen) atoms. The Bertz CT molecular complexity index is 1170. The van der Waals surface area contributed by atoms with Crippen LogP contribution in [0.4, 0.5) is 5.69 Å². The van der Waals surface area contributed by atoms with Crippen molar-refractivity contribution in [1.29, 1.82) is 0 Å². The maximum Gasteiger partial charge on any atom is 0.243 e. The van der Waals surface area contributed by atoms with Gasteiger partial charge in [-0.15, -0.1) is 0 Å². The number of hydrogen-bond acceptors (Lipinski definition) is 5. The summed E-state index contributed by atoms with van der Waals surface area (Å²) in [5.74, 6) is -0.204. The summed E-state index contributed by atoms with van der Waals surface area (Å²) >= 11 is 0. The highest BCUT2D eigenvalue weighted by Crippen LogP contribution is 2.34. The van der Waals surface area contributed by atoms with Gasteiger partial charge in [0.05, 0.1) is 30.2 Å². The number of rotatable bonds is 8. The number of hydrogen-bond donors (Lipinski definition) is 1.